The van der Waals surface area contributed by atoms with Crippen LogP contribution in [0.3, 0.4) is 0 Å². The van der Waals surface area contributed by atoms with E-state index in [4.69, 9.17) is 18.0 Å². The Labute approximate surface area is 118 Å². The molecule has 0 amide bonds. The molecule has 0 aliphatic rings. The summed E-state index contributed by atoms with van der Waals surface area (Å²) in [7, 11) is 0. The molecular formula is C15H17N3S. The standard InChI is InChI=1S/C15H17N3S/c1-10-8-9-17-15(13(10)14(16)19)18-11(2)12-6-4-3-5-7-12/h3-9,11H,1-2H3,(H2,16,19)(H,17,18). The summed E-state index contributed by atoms with van der Waals surface area (Å²) in [6.07, 6.45) is 1.76. The van der Waals surface area contributed by atoms with Crippen molar-refractivity contribution in [2.45, 2.75) is 19.9 Å². The molecule has 1 unspecified atom stereocenters. The van der Waals surface area contributed by atoms with Crippen LogP contribution in [0.15, 0.2) is 42.6 Å². The minimum Gasteiger partial charge on any atom is -0.389 e. The highest BCUT2D eigenvalue weighted by Gasteiger charge is 2.12. The van der Waals surface area contributed by atoms with Crippen LogP contribution in [0.5, 0.6) is 0 Å². The SMILES string of the molecule is Cc1ccnc(NC(C)c2ccccc2)c1C(N)=S. The number of anilines is 1. The first-order valence-corrected chi connectivity index (χ1v) is 6.57. The van der Waals surface area contributed by atoms with Gasteiger partial charge in [0, 0.05) is 12.2 Å². The van der Waals surface area contributed by atoms with Gasteiger partial charge in [-0.3, -0.25) is 0 Å². The molecule has 1 atom stereocenters. The largest absolute Gasteiger partial charge is 0.389 e. The van der Waals surface area contributed by atoms with Crippen molar-refractivity contribution in [1.82, 2.24) is 4.98 Å². The Hall–Kier alpha value is -1.94. The van der Waals surface area contributed by atoms with Crippen LogP contribution in [0, 0.1) is 6.92 Å². The van der Waals surface area contributed by atoms with E-state index < -0.39 is 0 Å². The van der Waals surface area contributed by atoms with Crippen LogP contribution in [-0.2, 0) is 0 Å². The Kier molecular flexibility index (Phi) is 4.12. The third kappa shape index (κ3) is 3.09. The highest BCUT2D eigenvalue weighted by molar-refractivity contribution is 7.80. The van der Waals surface area contributed by atoms with E-state index in [1.54, 1.807) is 6.20 Å². The van der Waals surface area contributed by atoms with Crippen molar-refractivity contribution in [2.75, 3.05) is 5.32 Å². The van der Waals surface area contributed by atoms with Gasteiger partial charge in [-0.15, -0.1) is 0 Å². The van der Waals surface area contributed by atoms with E-state index in [0.717, 1.165) is 16.9 Å². The molecule has 0 radical (unpaired) electrons. The molecule has 0 aliphatic carbocycles. The van der Waals surface area contributed by atoms with Crippen LogP contribution in [-0.4, -0.2) is 9.97 Å². The number of thiocarbonyl (C=S) groups is 1. The lowest BCUT2D eigenvalue weighted by atomic mass is 10.1. The summed E-state index contributed by atoms with van der Waals surface area (Å²) < 4.78 is 0. The first kappa shape index (κ1) is 13.5. The zero-order valence-corrected chi connectivity index (χ0v) is 11.9. The zero-order chi connectivity index (χ0) is 13.8. The molecule has 4 heteroatoms. The van der Waals surface area contributed by atoms with Crippen molar-refractivity contribution in [3.05, 3.63) is 59.3 Å². The van der Waals surface area contributed by atoms with E-state index in [1.165, 1.54) is 5.56 Å². The number of aromatic nitrogens is 1. The fourth-order valence-electron chi connectivity index (χ4n) is 2.01. The molecule has 1 aromatic carbocycles. The van der Waals surface area contributed by atoms with Crippen molar-refractivity contribution in [1.29, 1.82) is 0 Å². The van der Waals surface area contributed by atoms with E-state index in [0.29, 0.717) is 4.99 Å². The molecule has 0 bridgehead atoms. The Morgan fingerprint density at radius 1 is 1.26 bits per heavy atom. The molecule has 19 heavy (non-hydrogen) atoms. The van der Waals surface area contributed by atoms with Crippen molar-refractivity contribution < 1.29 is 0 Å². The molecule has 0 spiro atoms. The van der Waals surface area contributed by atoms with Gasteiger partial charge in [0.25, 0.3) is 0 Å². The number of hydrogen-bond donors (Lipinski definition) is 2. The highest BCUT2D eigenvalue weighted by Crippen LogP contribution is 2.22. The second kappa shape index (κ2) is 5.80. The number of pyridine rings is 1. The smallest absolute Gasteiger partial charge is 0.136 e. The second-order valence-corrected chi connectivity index (χ2v) is 4.93. The van der Waals surface area contributed by atoms with E-state index in [2.05, 4.69) is 29.4 Å². The third-order valence-electron chi connectivity index (χ3n) is 3.06. The van der Waals surface area contributed by atoms with Crippen LogP contribution < -0.4 is 11.1 Å². The molecule has 98 valence electrons. The van der Waals surface area contributed by atoms with E-state index in [9.17, 15) is 0 Å². The first-order chi connectivity index (χ1) is 9.09. The average molecular weight is 271 g/mol. The van der Waals surface area contributed by atoms with Crippen LogP contribution >= 0.6 is 12.2 Å². The summed E-state index contributed by atoms with van der Waals surface area (Å²) in [6.45, 7) is 4.07. The number of hydrogen-bond acceptors (Lipinski definition) is 3. The maximum Gasteiger partial charge on any atom is 0.136 e. The summed E-state index contributed by atoms with van der Waals surface area (Å²) in [6, 6.07) is 12.2. The first-order valence-electron chi connectivity index (χ1n) is 6.16. The lowest BCUT2D eigenvalue weighted by molar-refractivity contribution is 0.873. The number of benzene rings is 1. The number of nitrogens with two attached hydrogens (primary N) is 1. The van der Waals surface area contributed by atoms with Crippen LogP contribution in [0.1, 0.15) is 29.7 Å². The van der Waals surface area contributed by atoms with Crippen molar-refractivity contribution in [2.24, 2.45) is 5.73 Å². The van der Waals surface area contributed by atoms with Gasteiger partial charge < -0.3 is 11.1 Å². The van der Waals surface area contributed by atoms with Gasteiger partial charge in [0.2, 0.25) is 0 Å². The van der Waals surface area contributed by atoms with Gasteiger partial charge in [-0.1, -0.05) is 42.5 Å². The predicted octanol–water partition coefficient (Wildman–Crippen LogP) is 3.20. The van der Waals surface area contributed by atoms with Gasteiger partial charge in [-0.25, -0.2) is 4.98 Å². The van der Waals surface area contributed by atoms with Crippen LogP contribution in [0.4, 0.5) is 5.82 Å². The second-order valence-electron chi connectivity index (χ2n) is 4.49. The Morgan fingerprint density at radius 3 is 2.58 bits per heavy atom. The quantitative estimate of drug-likeness (QED) is 0.838. The maximum atomic E-state index is 5.78. The zero-order valence-electron chi connectivity index (χ0n) is 11.1. The molecule has 0 aliphatic heterocycles. The Morgan fingerprint density at radius 2 is 1.95 bits per heavy atom. The number of nitrogens with one attached hydrogen (secondary N) is 1. The minimum absolute atomic E-state index is 0.142. The average Bonchev–Trinajstić information content (AvgIpc) is 2.39. The minimum atomic E-state index is 0.142. The Bertz CT molecular complexity index is 581. The summed E-state index contributed by atoms with van der Waals surface area (Å²) >= 11 is 5.10. The molecular weight excluding hydrogens is 254 g/mol. The normalized spacial score (nSPS) is 11.9. The fourth-order valence-corrected chi connectivity index (χ4v) is 2.27. The van der Waals surface area contributed by atoms with Crippen LogP contribution in [0.25, 0.3) is 0 Å². The van der Waals surface area contributed by atoms with Gasteiger partial charge in [0.1, 0.15) is 10.8 Å². The maximum absolute atomic E-state index is 5.78. The van der Waals surface area contributed by atoms with E-state index >= 15 is 0 Å². The predicted molar refractivity (Wildman–Crippen MR) is 83.3 cm³/mol. The van der Waals surface area contributed by atoms with Crippen molar-refractivity contribution in [3.8, 4) is 0 Å². The third-order valence-corrected chi connectivity index (χ3v) is 3.26. The summed E-state index contributed by atoms with van der Waals surface area (Å²) in [5, 5.41) is 3.37. The van der Waals surface area contributed by atoms with E-state index in [-0.39, 0.29) is 6.04 Å². The summed E-state index contributed by atoms with van der Waals surface area (Å²) in [5.74, 6) is 0.740. The molecule has 0 fully saturated rings. The number of aryl methyl sites for hydroxylation is 1. The molecule has 3 nitrogen and oxygen atoms in total. The van der Waals surface area contributed by atoms with E-state index in [1.807, 2.05) is 31.2 Å². The topological polar surface area (TPSA) is 50.9 Å². The number of rotatable bonds is 4. The van der Waals surface area contributed by atoms with Gasteiger partial charge in [-0.2, -0.15) is 0 Å². The van der Waals surface area contributed by atoms with Gasteiger partial charge >= 0.3 is 0 Å². The monoisotopic (exact) mass is 271 g/mol. The molecule has 0 saturated carbocycles. The summed E-state index contributed by atoms with van der Waals surface area (Å²) in [4.78, 5) is 4.72. The van der Waals surface area contributed by atoms with Crippen molar-refractivity contribution >= 4 is 23.0 Å². The van der Waals surface area contributed by atoms with Gasteiger partial charge in [0.15, 0.2) is 0 Å². The molecule has 1 heterocycles. The Balaban J connectivity index is 2.29. The molecule has 1 aromatic heterocycles. The number of nitrogens with zero attached hydrogens (tertiary/aromatic N) is 1. The van der Waals surface area contributed by atoms with Gasteiger partial charge in [-0.05, 0) is 31.0 Å². The van der Waals surface area contributed by atoms with Crippen molar-refractivity contribution in [3.63, 3.8) is 0 Å². The molecule has 3 N–H and O–H groups in total. The molecule has 2 aromatic rings. The molecule has 0 saturated heterocycles. The summed E-state index contributed by atoms with van der Waals surface area (Å²) in [5.41, 5.74) is 8.83. The lowest BCUT2D eigenvalue weighted by Crippen LogP contribution is -2.17. The molecule has 2 rings (SSSR count). The lowest BCUT2D eigenvalue weighted by Gasteiger charge is -2.18. The van der Waals surface area contributed by atoms with Gasteiger partial charge in [0.05, 0.1) is 5.56 Å². The van der Waals surface area contributed by atoms with Crippen LogP contribution in [0.2, 0.25) is 0 Å². The fraction of sp³-hybridized carbons (Fsp3) is 0.200. The highest BCUT2D eigenvalue weighted by atomic mass is 32.1.